The Hall–Kier alpha value is -4.50. The first-order chi connectivity index (χ1) is 19.8. The van der Waals surface area contributed by atoms with Crippen molar-refractivity contribution in [3.63, 3.8) is 0 Å². The molecule has 7 aromatic carbocycles. The lowest BCUT2D eigenvalue weighted by molar-refractivity contribution is 1.66. The van der Waals surface area contributed by atoms with Gasteiger partial charge in [0.2, 0.25) is 0 Å². The molecule has 0 spiro atoms. The fourth-order valence-electron chi connectivity index (χ4n) is 6.55. The molecule has 0 aliphatic heterocycles. The standard InChI is InChI=1S/C38H22S2/c1-2-10-23(11-3-1)35-26-13-4-6-15-28(26)36(29-16-7-5-14-27(29)35)24-18-20-33-31(22-24)37-34(39-33)21-19-30-25-12-8-9-17-32(25)40-38(30)37/h1-22H. The summed E-state index contributed by atoms with van der Waals surface area (Å²) in [5.74, 6) is 0. The van der Waals surface area contributed by atoms with Crippen LogP contribution < -0.4 is 0 Å². The molecule has 0 aliphatic carbocycles. The van der Waals surface area contributed by atoms with Crippen LogP contribution >= 0.6 is 22.7 Å². The van der Waals surface area contributed by atoms with Crippen molar-refractivity contribution in [2.45, 2.75) is 0 Å². The van der Waals surface area contributed by atoms with Crippen molar-refractivity contribution in [3.8, 4) is 22.3 Å². The van der Waals surface area contributed by atoms with Crippen LogP contribution in [-0.4, -0.2) is 0 Å². The van der Waals surface area contributed by atoms with E-state index in [1.54, 1.807) is 0 Å². The minimum absolute atomic E-state index is 1.26. The van der Waals surface area contributed by atoms with E-state index in [-0.39, 0.29) is 0 Å². The van der Waals surface area contributed by atoms with Crippen LogP contribution in [0.25, 0.3) is 84.1 Å². The molecule has 40 heavy (non-hydrogen) atoms. The van der Waals surface area contributed by atoms with Crippen molar-refractivity contribution in [1.29, 1.82) is 0 Å². The van der Waals surface area contributed by atoms with Gasteiger partial charge in [0.15, 0.2) is 0 Å². The molecule has 2 heterocycles. The third-order valence-corrected chi connectivity index (χ3v) is 10.6. The van der Waals surface area contributed by atoms with Gasteiger partial charge < -0.3 is 0 Å². The largest absolute Gasteiger partial charge is 0.135 e. The maximum atomic E-state index is 2.45. The van der Waals surface area contributed by atoms with Gasteiger partial charge in [-0.15, -0.1) is 22.7 Å². The number of rotatable bonds is 2. The summed E-state index contributed by atoms with van der Waals surface area (Å²) >= 11 is 3.83. The predicted octanol–water partition coefficient (Wildman–Crippen LogP) is 12.1. The van der Waals surface area contributed by atoms with E-state index in [0.29, 0.717) is 0 Å². The van der Waals surface area contributed by atoms with Crippen LogP contribution in [-0.2, 0) is 0 Å². The van der Waals surface area contributed by atoms with Gasteiger partial charge in [-0.2, -0.15) is 0 Å². The Bertz CT molecular complexity index is 2370. The third-order valence-electron chi connectivity index (χ3n) is 8.26. The zero-order valence-corrected chi connectivity index (χ0v) is 23.2. The number of fused-ring (bicyclic) bond motifs is 9. The number of hydrogen-bond donors (Lipinski definition) is 0. The monoisotopic (exact) mass is 542 g/mol. The molecule has 0 atom stereocenters. The molecule has 0 N–H and O–H groups in total. The molecule has 0 fully saturated rings. The maximum Gasteiger partial charge on any atom is 0.0448 e. The summed E-state index contributed by atoms with van der Waals surface area (Å²) in [7, 11) is 0. The van der Waals surface area contributed by atoms with Gasteiger partial charge in [-0.05, 0) is 68.1 Å². The summed E-state index contributed by atoms with van der Waals surface area (Å²) in [5, 5.41) is 10.7. The van der Waals surface area contributed by atoms with Gasteiger partial charge in [0, 0.05) is 40.3 Å². The second-order valence-corrected chi connectivity index (χ2v) is 12.6. The minimum atomic E-state index is 1.26. The molecule has 0 radical (unpaired) electrons. The Labute approximate surface area is 239 Å². The molecule has 0 aliphatic rings. The maximum absolute atomic E-state index is 2.45. The van der Waals surface area contributed by atoms with Crippen LogP contribution in [0.15, 0.2) is 133 Å². The van der Waals surface area contributed by atoms with E-state index >= 15 is 0 Å². The molecule has 0 nitrogen and oxygen atoms in total. The predicted molar refractivity (Wildman–Crippen MR) is 178 cm³/mol. The first-order valence-electron chi connectivity index (χ1n) is 13.6. The van der Waals surface area contributed by atoms with Crippen LogP contribution in [0.4, 0.5) is 0 Å². The summed E-state index contributed by atoms with van der Waals surface area (Å²) in [6.45, 7) is 0. The molecule has 9 rings (SSSR count). The van der Waals surface area contributed by atoms with E-state index in [1.807, 2.05) is 22.7 Å². The molecular formula is C38H22S2. The van der Waals surface area contributed by atoms with E-state index in [9.17, 15) is 0 Å². The van der Waals surface area contributed by atoms with E-state index < -0.39 is 0 Å². The Morgan fingerprint density at radius 3 is 1.57 bits per heavy atom. The average Bonchev–Trinajstić information content (AvgIpc) is 3.58. The van der Waals surface area contributed by atoms with Gasteiger partial charge in [0.25, 0.3) is 0 Å². The molecule has 0 saturated carbocycles. The SMILES string of the molecule is c1ccc(-c2c3ccccc3c(-c3ccc4sc5ccc6c7ccccc7sc6c5c4c3)c3ccccc23)cc1. The lowest BCUT2D eigenvalue weighted by Crippen LogP contribution is -1.90. The van der Waals surface area contributed by atoms with E-state index in [1.165, 1.54) is 84.1 Å². The Morgan fingerprint density at radius 2 is 0.875 bits per heavy atom. The van der Waals surface area contributed by atoms with Crippen LogP contribution in [0.1, 0.15) is 0 Å². The zero-order valence-electron chi connectivity index (χ0n) is 21.5. The molecule has 2 aromatic heterocycles. The van der Waals surface area contributed by atoms with Gasteiger partial charge in [-0.1, -0.05) is 109 Å². The zero-order chi connectivity index (χ0) is 26.2. The van der Waals surface area contributed by atoms with E-state index in [0.717, 1.165) is 0 Å². The van der Waals surface area contributed by atoms with Gasteiger partial charge in [-0.25, -0.2) is 0 Å². The highest BCUT2D eigenvalue weighted by Gasteiger charge is 2.18. The minimum Gasteiger partial charge on any atom is -0.135 e. The van der Waals surface area contributed by atoms with E-state index in [4.69, 9.17) is 0 Å². The fraction of sp³-hybridized carbons (Fsp3) is 0. The summed E-state index contributed by atoms with van der Waals surface area (Å²) in [4.78, 5) is 0. The Morgan fingerprint density at radius 1 is 0.325 bits per heavy atom. The quantitative estimate of drug-likeness (QED) is 0.191. The first kappa shape index (κ1) is 22.3. The molecule has 2 heteroatoms. The Balaban J connectivity index is 1.41. The third kappa shape index (κ3) is 3.12. The smallest absolute Gasteiger partial charge is 0.0448 e. The lowest BCUT2D eigenvalue weighted by atomic mass is 9.86. The normalized spacial score (nSPS) is 12.0. The second kappa shape index (κ2) is 8.50. The van der Waals surface area contributed by atoms with Crippen molar-refractivity contribution in [3.05, 3.63) is 133 Å². The van der Waals surface area contributed by atoms with Crippen LogP contribution in [0, 0.1) is 0 Å². The molecule has 186 valence electrons. The van der Waals surface area contributed by atoms with E-state index in [2.05, 4.69) is 133 Å². The summed E-state index contributed by atoms with van der Waals surface area (Å²) in [6.07, 6.45) is 0. The molecule has 0 amide bonds. The van der Waals surface area contributed by atoms with Crippen molar-refractivity contribution >= 4 is 84.6 Å². The second-order valence-electron chi connectivity index (χ2n) is 10.4. The molecule has 0 bridgehead atoms. The number of benzene rings is 7. The topological polar surface area (TPSA) is 0 Å². The van der Waals surface area contributed by atoms with Gasteiger partial charge in [0.1, 0.15) is 0 Å². The fourth-order valence-corrected chi connectivity index (χ4v) is 8.98. The van der Waals surface area contributed by atoms with Crippen molar-refractivity contribution < 1.29 is 0 Å². The highest BCUT2D eigenvalue weighted by molar-refractivity contribution is 7.29. The number of hydrogen-bond acceptors (Lipinski definition) is 2. The highest BCUT2D eigenvalue weighted by atomic mass is 32.1. The molecule has 9 aromatic rings. The average molecular weight is 543 g/mol. The van der Waals surface area contributed by atoms with Crippen molar-refractivity contribution in [2.24, 2.45) is 0 Å². The van der Waals surface area contributed by atoms with Crippen LogP contribution in [0.3, 0.4) is 0 Å². The van der Waals surface area contributed by atoms with Gasteiger partial charge >= 0.3 is 0 Å². The molecule has 0 saturated heterocycles. The summed E-state index contributed by atoms with van der Waals surface area (Å²) in [6, 6.07) is 49.2. The molecular weight excluding hydrogens is 521 g/mol. The van der Waals surface area contributed by atoms with Crippen molar-refractivity contribution in [2.75, 3.05) is 0 Å². The molecule has 0 unspecified atom stereocenters. The van der Waals surface area contributed by atoms with Gasteiger partial charge in [-0.3, -0.25) is 0 Å². The summed E-state index contributed by atoms with van der Waals surface area (Å²) in [5.41, 5.74) is 5.16. The van der Waals surface area contributed by atoms with Crippen molar-refractivity contribution in [1.82, 2.24) is 0 Å². The van der Waals surface area contributed by atoms with Gasteiger partial charge in [0.05, 0.1) is 0 Å². The van der Waals surface area contributed by atoms with Crippen LogP contribution in [0.2, 0.25) is 0 Å². The lowest BCUT2D eigenvalue weighted by Gasteiger charge is -2.17. The highest BCUT2D eigenvalue weighted by Crippen LogP contribution is 2.47. The summed E-state index contributed by atoms with van der Waals surface area (Å²) < 4.78 is 5.46. The van der Waals surface area contributed by atoms with Crippen LogP contribution in [0.5, 0.6) is 0 Å². The first-order valence-corrected chi connectivity index (χ1v) is 15.2. The Kier molecular flexibility index (Phi) is 4.74. The number of thiophene rings is 2.